The highest BCUT2D eigenvalue weighted by molar-refractivity contribution is 5.83. The van der Waals surface area contributed by atoms with Gasteiger partial charge < -0.3 is 14.7 Å². The van der Waals surface area contributed by atoms with Crippen LogP contribution in [0.5, 0.6) is 0 Å². The molecule has 0 radical (unpaired) electrons. The summed E-state index contributed by atoms with van der Waals surface area (Å²) in [6.45, 7) is 6.16. The van der Waals surface area contributed by atoms with Crippen LogP contribution in [-0.2, 0) is 0 Å². The molecular formula is C15H16N2O2. The Labute approximate surface area is 111 Å². The number of hydrogen-bond acceptors (Lipinski definition) is 4. The zero-order chi connectivity index (χ0) is 13.6. The number of rotatable bonds is 2. The van der Waals surface area contributed by atoms with E-state index < -0.39 is 0 Å². The lowest BCUT2D eigenvalue weighted by atomic mass is 10.0. The predicted octanol–water partition coefficient (Wildman–Crippen LogP) is 4.10. The number of aromatic nitrogens is 1. The molecule has 3 aromatic rings. The van der Waals surface area contributed by atoms with Crippen molar-refractivity contribution in [3.8, 4) is 11.5 Å². The van der Waals surface area contributed by atoms with E-state index in [0.717, 1.165) is 16.5 Å². The van der Waals surface area contributed by atoms with Crippen LogP contribution < -0.4 is 5.73 Å². The molecule has 2 N–H and O–H groups in total. The van der Waals surface area contributed by atoms with Crippen LogP contribution in [0.15, 0.2) is 33.2 Å². The zero-order valence-electron chi connectivity index (χ0n) is 11.2. The van der Waals surface area contributed by atoms with Gasteiger partial charge in [0.1, 0.15) is 5.58 Å². The largest absolute Gasteiger partial charge is 0.454 e. The van der Waals surface area contributed by atoms with Gasteiger partial charge >= 0.3 is 0 Å². The molecular weight excluding hydrogens is 240 g/mol. The number of nitrogens with two attached hydrogens (primary N) is 1. The average Bonchev–Trinajstić information content (AvgIpc) is 2.91. The van der Waals surface area contributed by atoms with Crippen molar-refractivity contribution in [3.63, 3.8) is 0 Å². The Morgan fingerprint density at radius 1 is 1.21 bits per heavy atom. The minimum Gasteiger partial charge on any atom is -0.454 e. The van der Waals surface area contributed by atoms with Crippen LogP contribution in [0.1, 0.15) is 30.9 Å². The fourth-order valence-electron chi connectivity index (χ4n) is 2.33. The van der Waals surface area contributed by atoms with Crippen LogP contribution in [-0.4, -0.2) is 5.16 Å². The average molecular weight is 256 g/mol. The maximum atomic E-state index is 5.84. The maximum Gasteiger partial charge on any atom is 0.226 e. The third kappa shape index (κ3) is 1.89. The van der Waals surface area contributed by atoms with Gasteiger partial charge in [-0.3, -0.25) is 0 Å². The quantitative estimate of drug-likeness (QED) is 0.749. The monoisotopic (exact) mass is 256 g/mol. The van der Waals surface area contributed by atoms with Crippen molar-refractivity contribution in [2.24, 2.45) is 0 Å². The van der Waals surface area contributed by atoms with E-state index in [0.29, 0.717) is 17.3 Å². The Kier molecular flexibility index (Phi) is 2.59. The van der Waals surface area contributed by atoms with Gasteiger partial charge in [-0.1, -0.05) is 30.6 Å². The summed E-state index contributed by atoms with van der Waals surface area (Å²) < 4.78 is 10.9. The van der Waals surface area contributed by atoms with Crippen molar-refractivity contribution in [3.05, 3.63) is 35.4 Å². The molecule has 0 spiro atoms. The first-order chi connectivity index (χ1) is 9.06. The lowest BCUT2D eigenvalue weighted by Gasteiger charge is -2.02. The molecule has 2 heterocycles. The number of anilines is 1. The minimum atomic E-state index is 0.233. The van der Waals surface area contributed by atoms with Crippen molar-refractivity contribution >= 4 is 16.9 Å². The smallest absolute Gasteiger partial charge is 0.226 e. The molecule has 0 bridgehead atoms. The molecule has 2 aromatic heterocycles. The highest BCUT2D eigenvalue weighted by Gasteiger charge is 2.21. The molecule has 0 saturated carbocycles. The fraction of sp³-hybridized carbons (Fsp3) is 0.267. The summed E-state index contributed by atoms with van der Waals surface area (Å²) in [6, 6.07) is 8.05. The van der Waals surface area contributed by atoms with Gasteiger partial charge in [-0.25, -0.2) is 0 Å². The van der Waals surface area contributed by atoms with Gasteiger partial charge in [-0.05, 0) is 31.0 Å². The van der Waals surface area contributed by atoms with Crippen molar-refractivity contribution in [1.29, 1.82) is 0 Å². The second kappa shape index (κ2) is 4.16. The van der Waals surface area contributed by atoms with E-state index in [4.69, 9.17) is 14.7 Å². The second-order valence-electron chi connectivity index (χ2n) is 5.12. The molecule has 0 aliphatic heterocycles. The molecule has 0 amide bonds. The zero-order valence-corrected chi connectivity index (χ0v) is 11.2. The van der Waals surface area contributed by atoms with Crippen LogP contribution in [0.2, 0.25) is 0 Å². The van der Waals surface area contributed by atoms with Gasteiger partial charge in [0, 0.05) is 5.39 Å². The normalized spacial score (nSPS) is 11.6. The predicted molar refractivity (Wildman–Crippen MR) is 74.9 cm³/mol. The molecule has 4 heteroatoms. The van der Waals surface area contributed by atoms with Crippen LogP contribution in [0.3, 0.4) is 0 Å². The summed E-state index contributed by atoms with van der Waals surface area (Å²) in [5, 5.41) is 5.09. The Hall–Kier alpha value is -2.23. The summed E-state index contributed by atoms with van der Waals surface area (Å²) in [5.41, 5.74) is 9.46. The highest BCUT2D eigenvalue weighted by atomic mass is 16.5. The molecule has 0 aliphatic carbocycles. The number of benzene rings is 1. The van der Waals surface area contributed by atoms with Gasteiger partial charge in [-0.2, -0.15) is 0 Å². The molecule has 0 aliphatic rings. The molecule has 1 aromatic carbocycles. The number of fused-ring (bicyclic) bond motifs is 1. The standard InChI is InChI=1S/C15H16N2O2/c1-8(2)13-14(17-19-15(13)16)12-7-10-6-9(3)4-5-11(10)18-12/h4-8H,16H2,1-3H3. The van der Waals surface area contributed by atoms with E-state index in [1.807, 2.05) is 18.2 Å². The first-order valence-corrected chi connectivity index (χ1v) is 6.32. The minimum absolute atomic E-state index is 0.233. The van der Waals surface area contributed by atoms with E-state index in [2.05, 4.69) is 32.0 Å². The Morgan fingerprint density at radius 2 is 2.00 bits per heavy atom. The third-order valence-electron chi connectivity index (χ3n) is 3.24. The van der Waals surface area contributed by atoms with E-state index in [1.165, 1.54) is 5.56 Å². The van der Waals surface area contributed by atoms with Crippen LogP contribution in [0, 0.1) is 6.92 Å². The van der Waals surface area contributed by atoms with Gasteiger partial charge in [-0.15, -0.1) is 0 Å². The third-order valence-corrected chi connectivity index (χ3v) is 3.24. The molecule has 98 valence electrons. The molecule has 19 heavy (non-hydrogen) atoms. The molecule has 4 nitrogen and oxygen atoms in total. The number of nitrogens with zero attached hydrogens (tertiary/aromatic N) is 1. The maximum absolute atomic E-state index is 5.84. The van der Waals surface area contributed by atoms with Crippen LogP contribution >= 0.6 is 0 Å². The number of hydrogen-bond donors (Lipinski definition) is 1. The van der Waals surface area contributed by atoms with Crippen molar-refractivity contribution in [2.45, 2.75) is 26.7 Å². The van der Waals surface area contributed by atoms with Crippen LogP contribution in [0.4, 0.5) is 5.88 Å². The van der Waals surface area contributed by atoms with E-state index in [9.17, 15) is 0 Å². The SMILES string of the molecule is Cc1ccc2oc(-c3noc(N)c3C(C)C)cc2c1. The van der Waals surface area contributed by atoms with Gasteiger partial charge in [0.05, 0.1) is 5.56 Å². The molecule has 3 rings (SSSR count). The number of furan rings is 1. The van der Waals surface area contributed by atoms with E-state index in [-0.39, 0.29) is 5.92 Å². The Balaban J connectivity index is 2.19. The number of aryl methyl sites for hydroxylation is 1. The van der Waals surface area contributed by atoms with Crippen molar-refractivity contribution in [1.82, 2.24) is 5.16 Å². The first-order valence-electron chi connectivity index (χ1n) is 6.32. The van der Waals surface area contributed by atoms with Gasteiger partial charge in [0.2, 0.25) is 5.88 Å². The van der Waals surface area contributed by atoms with Gasteiger partial charge in [0.15, 0.2) is 11.5 Å². The summed E-state index contributed by atoms with van der Waals surface area (Å²) in [4.78, 5) is 0. The Morgan fingerprint density at radius 3 is 2.74 bits per heavy atom. The fourth-order valence-corrected chi connectivity index (χ4v) is 2.33. The van der Waals surface area contributed by atoms with Crippen LogP contribution in [0.25, 0.3) is 22.4 Å². The topological polar surface area (TPSA) is 65.2 Å². The number of nitrogen functional groups attached to an aromatic ring is 1. The van der Waals surface area contributed by atoms with E-state index in [1.54, 1.807) is 0 Å². The van der Waals surface area contributed by atoms with Gasteiger partial charge in [0.25, 0.3) is 0 Å². The lowest BCUT2D eigenvalue weighted by molar-refractivity contribution is 0.435. The second-order valence-corrected chi connectivity index (χ2v) is 5.12. The van der Waals surface area contributed by atoms with Crippen molar-refractivity contribution in [2.75, 3.05) is 5.73 Å². The Bertz CT molecular complexity index is 738. The van der Waals surface area contributed by atoms with Crippen molar-refractivity contribution < 1.29 is 8.94 Å². The molecule has 0 fully saturated rings. The lowest BCUT2D eigenvalue weighted by Crippen LogP contribution is -1.93. The summed E-state index contributed by atoms with van der Waals surface area (Å²) in [6.07, 6.45) is 0. The summed E-state index contributed by atoms with van der Waals surface area (Å²) in [7, 11) is 0. The highest BCUT2D eigenvalue weighted by Crippen LogP contribution is 2.35. The summed E-state index contributed by atoms with van der Waals surface area (Å²) >= 11 is 0. The first kappa shape index (κ1) is 11.8. The summed E-state index contributed by atoms with van der Waals surface area (Å²) in [5.74, 6) is 1.29. The molecule has 0 saturated heterocycles. The molecule has 0 unspecified atom stereocenters. The van der Waals surface area contributed by atoms with E-state index >= 15 is 0 Å². The molecule has 0 atom stereocenters.